The van der Waals surface area contributed by atoms with E-state index < -0.39 is 0 Å². The van der Waals surface area contributed by atoms with Crippen LogP contribution in [0.2, 0.25) is 0 Å². The van der Waals surface area contributed by atoms with E-state index in [9.17, 15) is 4.79 Å². The second kappa shape index (κ2) is 5.62. The molecule has 6 nitrogen and oxygen atoms in total. The maximum atomic E-state index is 12.1. The van der Waals surface area contributed by atoms with E-state index in [1.807, 2.05) is 30.5 Å². The summed E-state index contributed by atoms with van der Waals surface area (Å²) in [5.41, 5.74) is 1.97. The summed E-state index contributed by atoms with van der Waals surface area (Å²) in [6.45, 7) is 0. The van der Waals surface area contributed by atoms with Gasteiger partial charge in [0.1, 0.15) is 12.1 Å². The van der Waals surface area contributed by atoms with Crippen LogP contribution < -0.4 is 10.1 Å². The Kier molecular flexibility index (Phi) is 3.51. The molecule has 2 heterocycles. The minimum absolute atomic E-state index is 0.138. The molecule has 0 saturated heterocycles. The maximum absolute atomic E-state index is 12.1. The van der Waals surface area contributed by atoms with Crippen LogP contribution in [0.5, 0.6) is 5.88 Å². The molecule has 0 fully saturated rings. The molecule has 0 aliphatic carbocycles. The SMILES string of the molecule is COc1cc(NC(=O)Cc2c[nH]c3ccccc23)ncn1. The Balaban J connectivity index is 1.74. The maximum Gasteiger partial charge on any atom is 0.230 e. The number of carbonyl (C=O) groups excluding carboxylic acids is 1. The van der Waals surface area contributed by atoms with Crippen LogP contribution in [0.1, 0.15) is 5.56 Å². The average Bonchev–Trinajstić information content (AvgIpc) is 2.91. The first kappa shape index (κ1) is 13.1. The predicted octanol–water partition coefficient (Wildman–Crippen LogP) is 2.15. The molecule has 0 atom stereocenters. The summed E-state index contributed by atoms with van der Waals surface area (Å²) in [5, 5.41) is 3.78. The number of aromatic amines is 1. The van der Waals surface area contributed by atoms with Gasteiger partial charge in [0.15, 0.2) is 0 Å². The number of H-pyrrole nitrogens is 1. The van der Waals surface area contributed by atoms with Gasteiger partial charge in [0.05, 0.1) is 13.5 Å². The van der Waals surface area contributed by atoms with Crippen LogP contribution in [0.25, 0.3) is 10.9 Å². The number of nitrogens with zero attached hydrogens (tertiary/aromatic N) is 2. The van der Waals surface area contributed by atoms with Crippen LogP contribution >= 0.6 is 0 Å². The molecule has 0 aliphatic heterocycles. The summed E-state index contributed by atoms with van der Waals surface area (Å²) in [4.78, 5) is 23.1. The van der Waals surface area contributed by atoms with Gasteiger partial charge < -0.3 is 15.0 Å². The van der Waals surface area contributed by atoms with Gasteiger partial charge in [-0.25, -0.2) is 9.97 Å². The smallest absolute Gasteiger partial charge is 0.230 e. The fraction of sp³-hybridized carbons (Fsp3) is 0.133. The van der Waals surface area contributed by atoms with Crippen LogP contribution in [0, 0.1) is 0 Å². The van der Waals surface area contributed by atoms with Crippen molar-refractivity contribution in [3.8, 4) is 5.88 Å². The van der Waals surface area contributed by atoms with Crippen molar-refractivity contribution in [2.75, 3.05) is 12.4 Å². The largest absolute Gasteiger partial charge is 0.481 e. The first-order chi connectivity index (χ1) is 10.3. The molecule has 2 N–H and O–H groups in total. The van der Waals surface area contributed by atoms with Crippen molar-refractivity contribution in [1.82, 2.24) is 15.0 Å². The zero-order chi connectivity index (χ0) is 14.7. The van der Waals surface area contributed by atoms with Gasteiger partial charge in [-0.05, 0) is 11.6 Å². The van der Waals surface area contributed by atoms with Crippen LogP contribution in [0.15, 0.2) is 42.9 Å². The Morgan fingerprint density at radius 1 is 1.33 bits per heavy atom. The Hall–Kier alpha value is -2.89. The second-order valence-corrected chi connectivity index (χ2v) is 4.53. The van der Waals surface area contributed by atoms with Crippen molar-refractivity contribution >= 4 is 22.6 Å². The standard InChI is InChI=1S/C15H14N4O2/c1-21-15-7-13(17-9-18-15)19-14(20)6-10-8-16-12-5-3-2-4-11(10)12/h2-5,7-9,16H,6H2,1H3,(H,17,18,19,20). The Labute approximate surface area is 121 Å². The molecule has 21 heavy (non-hydrogen) atoms. The minimum atomic E-state index is -0.138. The molecule has 106 valence electrons. The zero-order valence-corrected chi connectivity index (χ0v) is 11.5. The van der Waals surface area contributed by atoms with Gasteiger partial charge in [-0.2, -0.15) is 0 Å². The number of rotatable bonds is 4. The van der Waals surface area contributed by atoms with E-state index in [-0.39, 0.29) is 12.3 Å². The number of fused-ring (bicyclic) bond motifs is 1. The third kappa shape index (κ3) is 2.84. The number of amides is 1. The number of aromatic nitrogens is 3. The number of ether oxygens (including phenoxy) is 1. The highest BCUT2D eigenvalue weighted by atomic mass is 16.5. The number of benzene rings is 1. The highest BCUT2D eigenvalue weighted by Crippen LogP contribution is 2.18. The van der Waals surface area contributed by atoms with Crippen LogP contribution in [-0.4, -0.2) is 28.0 Å². The first-order valence-electron chi connectivity index (χ1n) is 6.47. The van der Waals surface area contributed by atoms with E-state index in [1.165, 1.54) is 13.4 Å². The average molecular weight is 282 g/mol. The summed E-state index contributed by atoms with van der Waals surface area (Å²) in [7, 11) is 1.51. The molecule has 1 aromatic carbocycles. The predicted molar refractivity (Wildman–Crippen MR) is 79.2 cm³/mol. The fourth-order valence-electron chi connectivity index (χ4n) is 2.16. The minimum Gasteiger partial charge on any atom is -0.481 e. The van der Waals surface area contributed by atoms with Crippen molar-refractivity contribution in [3.63, 3.8) is 0 Å². The van der Waals surface area contributed by atoms with Crippen LogP contribution in [0.3, 0.4) is 0 Å². The monoisotopic (exact) mass is 282 g/mol. The van der Waals surface area contributed by atoms with Gasteiger partial charge in [0, 0.05) is 23.2 Å². The summed E-state index contributed by atoms with van der Waals surface area (Å²) in [5.74, 6) is 0.694. The Morgan fingerprint density at radius 2 is 2.19 bits per heavy atom. The fourth-order valence-corrected chi connectivity index (χ4v) is 2.16. The van der Waals surface area contributed by atoms with Crippen molar-refractivity contribution in [1.29, 1.82) is 0 Å². The molecule has 1 amide bonds. The third-order valence-electron chi connectivity index (χ3n) is 3.14. The lowest BCUT2D eigenvalue weighted by atomic mass is 10.1. The molecule has 0 radical (unpaired) electrons. The molecule has 6 heteroatoms. The number of hydrogen-bond acceptors (Lipinski definition) is 4. The molecule has 0 aliphatic rings. The molecule has 0 spiro atoms. The van der Waals surface area contributed by atoms with Gasteiger partial charge in [-0.3, -0.25) is 4.79 Å². The van der Waals surface area contributed by atoms with E-state index in [0.29, 0.717) is 11.7 Å². The summed E-state index contributed by atoms with van der Waals surface area (Å²) < 4.78 is 4.99. The molecule has 0 bridgehead atoms. The number of nitrogens with one attached hydrogen (secondary N) is 2. The Morgan fingerprint density at radius 3 is 3.05 bits per heavy atom. The van der Waals surface area contributed by atoms with E-state index in [1.54, 1.807) is 6.07 Å². The van der Waals surface area contributed by atoms with Gasteiger partial charge >= 0.3 is 0 Å². The van der Waals surface area contributed by atoms with E-state index in [4.69, 9.17) is 4.74 Å². The van der Waals surface area contributed by atoms with Crippen LogP contribution in [-0.2, 0) is 11.2 Å². The highest BCUT2D eigenvalue weighted by Gasteiger charge is 2.09. The van der Waals surface area contributed by atoms with Crippen molar-refractivity contribution in [2.24, 2.45) is 0 Å². The quantitative estimate of drug-likeness (QED) is 0.768. The van der Waals surface area contributed by atoms with Gasteiger partial charge in [-0.1, -0.05) is 18.2 Å². The van der Waals surface area contributed by atoms with Crippen molar-refractivity contribution in [2.45, 2.75) is 6.42 Å². The molecule has 0 saturated carbocycles. The number of anilines is 1. The molecular formula is C15H14N4O2. The molecular weight excluding hydrogens is 268 g/mol. The molecule has 0 unspecified atom stereocenters. The molecule has 3 aromatic rings. The lowest BCUT2D eigenvalue weighted by Crippen LogP contribution is -2.15. The zero-order valence-electron chi connectivity index (χ0n) is 11.5. The van der Waals surface area contributed by atoms with E-state index in [2.05, 4.69) is 20.3 Å². The first-order valence-corrected chi connectivity index (χ1v) is 6.47. The van der Waals surface area contributed by atoms with Crippen molar-refractivity contribution < 1.29 is 9.53 Å². The molecule has 2 aromatic heterocycles. The third-order valence-corrected chi connectivity index (χ3v) is 3.14. The summed E-state index contributed by atoms with van der Waals surface area (Å²) in [6, 6.07) is 9.45. The number of carbonyl (C=O) groups is 1. The second-order valence-electron chi connectivity index (χ2n) is 4.53. The molecule has 3 rings (SSSR count). The highest BCUT2D eigenvalue weighted by molar-refractivity contribution is 5.95. The number of hydrogen-bond donors (Lipinski definition) is 2. The Bertz CT molecular complexity index is 782. The van der Waals surface area contributed by atoms with Gasteiger partial charge in [0.25, 0.3) is 0 Å². The summed E-state index contributed by atoms with van der Waals surface area (Å²) >= 11 is 0. The normalized spacial score (nSPS) is 10.5. The van der Waals surface area contributed by atoms with Crippen molar-refractivity contribution in [3.05, 3.63) is 48.4 Å². The van der Waals surface area contributed by atoms with E-state index in [0.717, 1.165) is 16.5 Å². The van der Waals surface area contributed by atoms with Crippen LogP contribution in [0.4, 0.5) is 5.82 Å². The van der Waals surface area contributed by atoms with E-state index >= 15 is 0 Å². The summed E-state index contributed by atoms with van der Waals surface area (Å²) in [6.07, 6.45) is 3.47. The van der Waals surface area contributed by atoms with Gasteiger partial charge in [0.2, 0.25) is 11.8 Å². The van der Waals surface area contributed by atoms with Gasteiger partial charge in [-0.15, -0.1) is 0 Å². The lowest BCUT2D eigenvalue weighted by molar-refractivity contribution is -0.115. The topological polar surface area (TPSA) is 79.9 Å². The lowest BCUT2D eigenvalue weighted by Gasteiger charge is -2.05. The number of para-hydroxylation sites is 1. The number of methoxy groups -OCH3 is 1.